The Labute approximate surface area is 166 Å². The molecule has 1 unspecified atom stereocenters. The van der Waals surface area contributed by atoms with E-state index in [1.807, 2.05) is 30.3 Å². The highest BCUT2D eigenvalue weighted by Gasteiger charge is 2.23. The predicted molar refractivity (Wildman–Crippen MR) is 112 cm³/mol. The third-order valence-corrected chi connectivity index (χ3v) is 5.55. The number of fused-ring (bicyclic) bond motifs is 1. The Balaban J connectivity index is 1.44. The lowest BCUT2D eigenvalue weighted by molar-refractivity contribution is 0.00364. The topological polar surface area (TPSA) is 50.4 Å². The normalized spacial score (nSPS) is 16.2. The van der Waals surface area contributed by atoms with E-state index in [0.29, 0.717) is 0 Å². The first-order valence-corrected chi connectivity index (χ1v) is 10.3. The van der Waals surface area contributed by atoms with Crippen LogP contribution in [0.25, 0.3) is 10.9 Å². The maximum atomic E-state index is 6.46. The number of benzene rings is 2. The summed E-state index contributed by atoms with van der Waals surface area (Å²) in [5.74, 6) is 1.62. The molecule has 0 saturated carbocycles. The van der Waals surface area contributed by atoms with Gasteiger partial charge in [-0.15, -0.1) is 0 Å². The van der Waals surface area contributed by atoms with E-state index in [0.717, 1.165) is 49.4 Å². The average Bonchev–Trinajstić information content (AvgIpc) is 3.17. The molecule has 28 heavy (non-hydrogen) atoms. The summed E-state index contributed by atoms with van der Waals surface area (Å²) in [5.41, 5.74) is 2.25. The van der Waals surface area contributed by atoms with Crippen LogP contribution >= 0.6 is 0 Å². The lowest BCUT2D eigenvalue weighted by Crippen LogP contribution is -2.42. The molecular weight excluding hydrogens is 350 g/mol. The van der Waals surface area contributed by atoms with Crippen LogP contribution in [0.5, 0.6) is 11.5 Å². The molecule has 4 rings (SSSR count). The number of aromatic nitrogens is 2. The van der Waals surface area contributed by atoms with E-state index >= 15 is 0 Å². The minimum absolute atomic E-state index is 0.0748. The first kappa shape index (κ1) is 18.8. The van der Waals surface area contributed by atoms with E-state index in [4.69, 9.17) is 9.47 Å². The molecule has 0 bridgehead atoms. The molecule has 1 saturated heterocycles. The van der Waals surface area contributed by atoms with Crippen LogP contribution in [0.3, 0.4) is 0 Å². The number of hydrogen-bond acceptors (Lipinski definition) is 4. The van der Waals surface area contributed by atoms with Crippen LogP contribution in [-0.4, -0.2) is 41.5 Å². The fraction of sp³-hybridized carbons (Fsp3) is 0.435. The van der Waals surface area contributed by atoms with Gasteiger partial charge in [-0.1, -0.05) is 36.8 Å². The zero-order chi connectivity index (χ0) is 19.2. The van der Waals surface area contributed by atoms with Crippen LogP contribution in [0.4, 0.5) is 0 Å². The maximum absolute atomic E-state index is 6.46. The molecule has 1 atom stereocenters. The molecule has 0 aliphatic carbocycles. The van der Waals surface area contributed by atoms with Gasteiger partial charge >= 0.3 is 0 Å². The van der Waals surface area contributed by atoms with Gasteiger partial charge in [-0.05, 0) is 50.3 Å². The van der Waals surface area contributed by atoms with Crippen LogP contribution in [0.1, 0.15) is 37.8 Å². The molecule has 1 fully saturated rings. The number of methoxy groups -OCH3 is 1. The van der Waals surface area contributed by atoms with Crippen LogP contribution in [0.2, 0.25) is 0 Å². The molecule has 148 valence electrons. The molecular formula is C23H29N3O2. The molecule has 1 aliphatic rings. The SMILES string of the molecule is COc1ccccc1OC(CCCc1[nH]nc2ccccc12)N1CCCCC1. The molecule has 1 aromatic heterocycles. The van der Waals surface area contributed by atoms with Gasteiger partial charge in [0, 0.05) is 24.2 Å². The summed E-state index contributed by atoms with van der Waals surface area (Å²) >= 11 is 0. The van der Waals surface area contributed by atoms with Crippen molar-refractivity contribution in [3.8, 4) is 11.5 Å². The number of ether oxygens (including phenoxy) is 2. The zero-order valence-electron chi connectivity index (χ0n) is 16.6. The molecule has 2 aromatic carbocycles. The number of nitrogens with zero attached hydrogens (tertiary/aromatic N) is 2. The highest BCUT2D eigenvalue weighted by atomic mass is 16.5. The summed E-state index contributed by atoms with van der Waals surface area (Å²) in [6, 6.07) is 16.2. The molecule has 2 heterocycles. The summed E-state index contributed by atoms with van der Waals surface area (Å²) in [4.78, 5) is 2.49. The van der Waals surface area contributed by atoms with E-state index in [9.17, 15) is 0 Å². The second-order valence-corrected chi connectivity index (χ2v) is 7.43. The van der Waals surface area contributed by atoms with Crippen LogP contribution < -0.4 is 9.47 Å². The Morgan fingerprint density at radius 2 is 1.75 bits per heavy atom. The van der Waals surface area contributed by atoms with Gasteiger partial charge in [-0.2, -0.15) is 5.10 Å². The molecule has 0 spiro atoms. The Hall–Kier alpha value is -2.53. The van der Waals surface area contributed by atoms with E-state index in [2.05, 4.69) is 33.3 Å². The van der Waals surface area contributed by atoms with E-state index in [-0.39, 0.29) is 6.23 Å². The number of hydrogen-bond donors (Lipinski definition) is 1. The minimum atomic E-state index is 0.0748. The Bertz CT molecular complexity index is 886. The van der Waals surface area contributed by atoms with Crippen LogP contribution in [0, 0.1) is 0 Å². The van der Waals surface area contributed by atoms with Crippen LogP contribution in [0.15, 0.2) is 48.5 Å². The van der Waals surface area contributed by atoms with Crippen molar-refractivity contribution < 1.29 is 9.47 Å². The number of likely N-dealkylation sites (tertiary alicyclic amines) is 1. The average molecular weight is 380 g/mol. The molecule has 0 radical (unpaired) electrons. The first-order chi connectivity index (χ1) is 13.8. The Morgan fingerprint density at radius 3 is 2.57 bits per heavy atom. The van der Waals surface area contributed by atoms with E-state index in [1.165, 1.54) is 30.3 Å². The van der Waals surface area contributed by atoms with Gasteiger partial charge in [0.2, 0.25) is 0 Å². The lowest BCUT2D eigenvalue weighted by Gasteiger charge is -2.34. The highest BCUT2D eigenvalue weighted by Crippen LogP contribution is 2.29. The number of nitrogens with one attached hydrogen (secondary N) is 1. The van der Waals surface area contributed by atoms with Crippen LogP contribution in [-0.2, 0) is 6.42 Å². The molecule has 1 aliphatic heterocycles. The number of piperidine rings is 1. The van der Waals surface area contributed by atoms with Crippen molar-refractivity contribution >= 4 is 10.9 Å². The van der Waals surface area contributed by atoms with Crippen molar-refractivity contribution in [1.82, 2.24) is 15.1 Å². The molecule has 0 amide bonds. The molecule has 5 nitrogen and oxygen atoms in total. The van der Waals surface area contributed by atoms with Gasteiger partial charge in [-0.3, -0.25) is 10.00 Å². The first-order valence-electron chi connectivity index (χ1n) is 10.3. The smallest absolute Gasteiger partial charge is 0.163 e. The van der Waals surface area contributed by atoms with E-state index < -0.39 is 0 Å². The zero-order valence-corrected chi connectivity index (χ0v) is 16.6. The van der Waals surface area contributed by atoms with Crippen molar-refractivity contribution in [3.05, 3.63) is 54.2 Å². The highest BCUT2D eigenvalue weighted by molar-refractivity contribution is 5.81. The minimum Gasteiger partial charge on any atom is -0.493 e. The van der Waals surface area contributed by atoms with Gasteiger partial charge < -0.3 is 9.47 Å². The monoisotopic (exact) mass is 379 g/mol. The van der Waals surface area contributed by atoms with Gasteiger partial charge in [0.05, 0.1) is 12.6 Å². The molecule has 5 heteroatoms. The van der Waals surface area contributed by atoms with Crippen molar-refractivity contribution in [2.75, 3.05) is 20.2 Å². The van der Waals surface area contributed by atoms with Gasteiger partial charge in [0.1, 0.15) is 0 Å². The van der Waals surface area contributed by atoms with Crippen molar-refractivity contribution in [1.29, 1.82) is 0 Å². The van der Waals surface area contributed by atoms with Gasteiger partial charge in [0.15, 0.2) is 17.7 Å². The summed E-state index contributed by atoms with van der Waals surface area (Å²) < 4.78 is 11.9. The molecule has 3 aromatic rings. The number of H-pyrrole nitrogens is 1. The third-order valence-electron chi connectivity index (χ3n) is 5.55. The van der Waals surface area contributed by atoms with Gasteiger partial charge in [-0.25, -0.2) is 0 Å². The maximum Gasteiger partial charge on any atom is 0.163 e. The largest absolute Gasteiger partial charge is 0.493 e. The predicted octanol–water partition coefficient (Wildman–Crippen LogP) is 4.79. The van der Waals surface area contributed by atoms with E-state index in [1.54, 1.807) is 7.11 Å². The second kappa shape index (κ2) is 9.11. The van der Waals surface area contributed by atoms with Crippen molar-refractivity contribution in [2.45, 2.75) is 44.8 Å². The summed E-state index contributed by atoms with van der Waals surface area (Å²) in [5, 5.41) is 8.85. The fourth-order valence-corrected chi connectivity index (χ4v) is 4.04. The molecule has 1 N–H and O–H groups in total. The summed E-state index contributed by atoms with van der Waals surface area (Å²) in [7, 11) is 1.70. The Morgan fingerprint density at radius 1 is 1.00 bits per heavy atom. The summed E-state index contributed by atoms with van der Waals surface area (Å²) in [6.07, 6.45) is 6.88. The number of rotatable bonds is 8. The number of aryl methyl sites for hydroxylation is 1. The van der Waals surface area contributed by atoms with Crippen molar-refractivity contribution in [3.63, 3.8) is 0 Å². The number of para-hydroxylation sites is 3. The Kier molecular flexibility index (Phi) is 6.12. The quantitative estimate of drug-likeness (QED) is 0.612. The van der Waals surface area contributed by atoms with Gasteiger partial charge in [0.25, 0.3) is 0 Å². The number of aromatic amines is 1. The fourth-order valence-electron chi connectivity index (χ4n) is 4.04. The standard InChI is InChI=1S/C23H29N3O2/c1-27-21-13-5-6-14-22(21)28-23(26-16-7-2-8-17-26)15-9-12-20-18-10-3-4-11-19(18)24-25-20/h3-6,10-11,13-14,23H,2,7-9,12,15-17H2,1H3,(H,24,25). The second-order valence-electron chi connectivity index (χ2n) is 7.43. The summed E-state index contributed by atoms with van der Waals surface area (Å²) in [6.45, 7) is 2.21. The van der Waals surface area contributed by atoms with Crippen molar-refractivity contribution in [2.24, 2.45) is 0 Å². The third kappa shape index (κ3) is 4.30. The lowest BCUT2D eigenvalue weighted by atomic mass is 10.1.